The Morgan fingerprint density at radius 1 is 1.15 bits per heavy atom. The second kappa shape index (κ2) is 8.15. The van der Waals surface area contributed by atoms with Crippen LogP contribution < -0.4 is 0 Å². The number of carbonyl (C=O) groups excluding carboxylic acids is 1. The van der Waals surface area contributed by atoms with E-state index in [4.69, 9.17) is 9.47 Å². The first kappa shape index (κ1) is 18.7. The van der Waals surface area contributed by atoms with Crippen LogP contribution in [0.2, 0.25) is 0 Å². The third-order valence-corrected chi connectivity index (χ3v) is 7.03. The standard InChI is InChI=1S/C21H36N2O3/c1-2-8-23-16-17(14-20(24)22-9-4-3-5-10-22)13-18-15-21(7-6-19(18)23)25-11-12-26-21/h17-19H,2-16H2,1H3/t17-,18-,19-/m1/s1. The number of ether oxygens (including phenoxy) is 2. The SMILES string of the molecule is CCCN1C[C@@H](CC(=O)N2CCCCC2)C[C@@H]2CC3(CC[C@H]21)OCCO3. The predicted octanol–water partition coefficient (Wildman–Crippen LogP) is 3.03. The number of piperidine rings is 2. The molecule has 0 aromatic heterocycles. The number of hydrogen-bond acceptors (Lipinski definition) is 4. The van der Waals surface area contributed by atoms with Crippen molar-refractivity contribution in [2.75, 3.05) is 39.4 Å². The molecule has 0 aromatic rings. The first-order valence-electron chi connectivity index (χ1n) is 11.0. The topological polar surface area (TPSA) is 42.0 Å². The van der Waals surface area contributed by atoms with E-state index in [-0.39, 0.29) is 5.79 Å². The van der Waals surface area contributed by atoms with Gasteiger partial charge in [-0.05, 0) is 56.9 Å². The Kier molecular flexibility index (Phi) is 5.87. The second-order valence-electron chi connectivity index (χ2n) is 8.92. The van der Waals surface area contributed by atoms with Crippen molar-refractivity contribution in [2.24, 2.45) is 11.8 Å². The molecule has 0 aromatic carbocycles. The molecule has 1 amide bonds. The monoisotopic (exact) mass is 364 g/mol. The summed E-state index contributed by atoms with van der Waals surface area (Å²) in [6.45, 7) is 7.96. The molecule has 0 radical (unpaired) electrons. The second-order valence-corrected chi connectivity index (χ2v) is 8.92. The average molecular weight is 365 g/mol. The van der Waals surface area contributed by atoms with Crippen LogP contribution in [0.15, 0.2) is 0 Å². The van der Waals surface area contributed by atoms with Crippen LogP contribution in [-0.2, 0) is 14.3 Å². The summed E-state index contributed by atoms with van der Waals surface area (Å²) < 4.78 is 12.0. The largest absolute Gasteiger partial charge is 0.348 e. The number of rotatable bonds is 4. The first-order chi connectivity index (χ1) is 12.7. The lowest BCUT2D eigenvalue weighted by atomic mass is 9.72. The van der Waals surface area contributed by atoms with Crippen LogP contribution >= 0.6 is 0 Å². The summed E-state index contributed by atoms with van der Waals surface area (Å²) in [6.07, 6.45) is 9.96. The zero-order chi connectivity index (χ0) is 18.0. The van der Waals surface area contributed by atoms with Gasteiger partial charge in [0.15, 0.2) is 5.79 Å². The van der Waals surface area contributed by atoms with Gasteiger partial charge in [-0.3, -0.25) is 9.69 Å². The van der Waals surface area contributed by atoms with Crippen molar-refractivity contribution in [1.82, 2.24) is 9.80 Å². The highest BCUT2D eigenvalue weighted by molar-refractivity contribution is 5.76. The van der Waals surface area contributed by atoms with Crippen molar-refractivity contribution in [2.45, 2.75) is 76.5 Å². The smallest absolute Gasteiger partial charge is 0.222 e. The average Bonchev–Trinajstić information content (AvgIpc) is 3.10. The molecule has 3 aliphatic heterocycles. The van der Waals surface area contributed by atoms with Gasteiger partial charge in [0.1, 0.15) is 0 Å². The van der Waals surface area contributed by atoms with Gasteiger partial charge in [0.05, 0.1) is 13.2 Å². The Morgan fingerprint density at radius 3 is 2.65 bits per heavy atom. The molecule has 0 N–H and O–H groups in total. The number of fused-ring (bicyclic) bond motifs is 1. The van der Waals surface area contributed by atoms with Crippen molar-refractivity contribution in [1.29, 1.82) is 0 Å². The van der Waals surface area contributed by atoms with E-state index in [9.17, 15) is 4.79 Å². The molecule has 148 valence electrons. The zero-order valence-electron chi connectivity index (χ0n) is 16.5. The van der Waals surface area contributed by atoms with E-state index in [0.29, 0.717) is 23.8 Å². The van der Waals surface area contributed by atoms with Crippen LogP contribution in [-0.4, -0.2) is 66.9 Å². The van der Waals surface area contributed by atoms with Gasteiger partial charge < -0.3 is 14.4 Å². The molecule has 0 unspecified atom stereocenters. The van der Waals surface area contributed by atoms with E-state index in [1.165, 1.54) is 38.5 Å². The minimum atomic E-state index is -0.308. The van der Waals surface area contributed by atoms with Crippen molar-refractivity contribution in [3.05, 3.63) is 0 Å². The molecular formula is C21H36N2O3. The van der Waals surface area contributed by atoms with E-state index >= 15 is 0 Å². The predicted molar refractivity (Wildman–Crippen MR) is 101 cm³/mol. The van der Waals surface area contributed by atoms with Gasteiger partial charge >= 0.3 is 0 Å². The fraction of sp³-hybridized carbons (Fsp3) is 0.952. The maximum atomic E-state index is 12.8. The molecule has 4 rings (SSSR count). The van der Waals surface area contributed by atoms with E-state index in [1.54, 1.807) is 0 Å². The highest BCUT2D eigenvalue weighted by atomic mass is 16.7. The van der Waals surface area contributed by atoms with Crippen LogP contribution in [0.5, 0.6) is 0 Å². The maximum Gasteiger partial charge on any atom is 0.222 e. The van der Waals surface area contributed by atoms with E-state index in [2.05, 4.69) is 16.7 Å². The summed E-state index contributed by atoms with van der Waals surface area (Å²) in [4.78, 5) is 17.6. The Bertz CT molecular complexity index is 486. The normalized spacial score (nSPS) is 34.8. The number of nitrogens with zero attached hydrogens (tertiary/aromatic N) is 2. The quantitative estimate of drug-likeness (QED) is 0.769. The summed E-state index contributed by atoms with van der Waals surface area (Å²) in [5.41, 5.74) is 0. The van der Waals surface area contributed by atoms with Crippen molar-refractivity contribution in [3.8, 4) is 0 Å². The summed E-state index contributed by atoms with van der Waals surface area (Å²) >= 11 is 0. The molecular weight excluding hydrogens is 328 g/mol. The fourth-order valence-corrected chi connectivity index (χ4v) is 5.90. The van der Waals surface area contributed by atoms with Gasteiger partial charge in [-0.1, -0.05) is 6.92 Å². The molecule has 5 nitrogen and oxygen atoms in total. The van der Waals surface area contributed by atoms with E-state index < -0.39 is 0 Å². The Labute approximate surface area is 158 Å². The molecule has 5 heteroatoms. The van der Waals surface area contributed by atoms with Crippen molar-refractivity contribution < 1.29 is 14.3 Å². The maximum absolute atomic E-state index is 12.8. The molecule has 3 atom stereocenters. The lowest BCUT2D eigenvalue weighted by Crippen LogP contribution is -2.55. The Balaban J connectivity index is 1.40. The van der Waals surface area contributed by atoms with Gasteiger partial charge in [0, 0.05) is 44.9 Å². The molecule has 0 bridgehead atoms. The first-order valence-corrected chi connectivity index (χ1v) is 11.0. The summed E-state index contributed by atoms with van der Waals surface area (Å²) in [5, 5.41) is 0. The molecule has 1 saturated carbocycles. The van der Waals surface area contributed by atoms with Crippen LogP contribution in [0.25, 0.3) is 0 Å². The van der Waals surface area contributed by atoms with Gasteiger partial charge in [-0.25, -0.2) is 0 Å². The van der Waals surface area contributed by atoms with Gasteiger partial charge in [-0.15, -0.1) is 0 Å². The molecule has 3 heterocycles. The number of carbonyl (C=O) groups is 1. The summed E-state index contributed by atoms with van der Waals surface area (Å²) in [6, 6.07) is 0.662. The zero-order valence-corrected chi connectivity index (χ0v) is 16.5. The number of likely N-dealkylation sites (tertiary alicyclic amines) is 2. The van der Waals surface area contributed by atoms with Crippen LogP contribution in [0.4, 0.5) is 0 Å². The molecule has 4 fully saturated rings. The van der Waals surface area contributed by atoms with Crippen LogP contribution in [0.3, 0.4) is 0 Å². The third-order valence-electron chi connectivity index (χ3n) is 7.03. The molecule has 4 aliphatic rings. The lowest BCUT2D eigenvalue weighted by molar-refractivity contribution is -0.203. The summed E-state index contributed by atoms with van der Waals surface area (Å²) in [7, 11) is 0. The lowest BCUT2D eigenvalue weighted by Gasteiger charge is -2.51. The fourth-order valence-electron chi connectivity index (χ4n) is 5.90. The third kappa shape index (κ3) is 3.95. The minimum absolute atomic E-state index is 0.308. The highest BCUT2D eigenvalue weighted by Gasteiger charge is 2.49. The van der Waals surface area contributed by atoms with Gasteiger partial charge in [-0.2, -0.15) is 0 Å². The molecule has 1 aliphatic carbocycles. The van der Waals surface area contributed by atoms with E-state index in [1.807, 2.05) is 0 Å². The molecule has 3 saturated heterocycles. The van der Waals surface area contributed by atoms with Crippen molar-refractivity contribution in [3.63, 3.8) is 0 Å². The molecule has 26 heavy (non-hydrogen) atoms. The molecule has 1 spiro atoms. The van der Waals surface area contributed by atoms with Crippen LogP contribution in [0.1, 0.15) is 64.7 Å². The van der Waals surface area contributed by atoms with Gasteiger partial charge in [0.2, 0.25) is 5.91 Å². The number of hydrogen-bond donors (Lipinski definition) is 0. The van der Waals surface area contributed by atoms with Crippen LogP contribution in [0, 0.1) is 11.8 Å². The number of amides is 1. The highest BCUT2D eigenvalue weighted by Crippen LogP contribution is 2.45. The van der Waals surface area contributed by atoms with E-state index in [0.717, 1.165) is 58.7 Å². The Hall–Kier alpha value is -0.650. The minimum Gasteiger partial charge on any atom is -0.348 e. The van der Waals surface area contributed by atoms with Crippen molar-refractivity contribution >= 4 is 5.91 Å². The summed E-state index contributed by atoms with van der Waals surface area (Å²) in [5.74, 6) is 1.19. The van der Waals surface area contributed by atoms with Gasteiger partial charge in [0.25, 0.3) is 0 Å². The Morgan fingerprint density at radius 2 is 1.92 bits per heavy atom.